The molecule has 11 heteroatoms. The van der Waals surface area contributed by atoms with E-state index in [0.717, 1.165) is 110 Å². The van der Waals surface area contributed by atoms with Crippen molar-refractivity contribution in [2.24, 2.45) is 0 Å². The van der Waals surface area contributed by atoms with E-state index in [4.69, 9.17) is 40.1 Å². The van der Waals surface area contributed by atoms with Crippen molar-refractivity contribution in [1.29, 1.82) is 0 Å². The lowest BCUT2D eigenvalue weighted by molar-refractivity contribution is 1.07. The molecule has 0 unspecified atom stereocenters. The molecule has 15 aromatic rings. The van der Waals surface area contributed by atoms with E-state index in [-0.39, 0.29) is 0 Å². The van der Waals surface area contributed by atoms with Crippen LogP contribution in [0.2, 0.25) is 0 Å². The van der Waals surface area contributed by atoms with Crippen molar-refractivity contribution in [2.75, 3.05) is 0 Å². The van der Waals surface area contributed by atoms with Crippen LogP contribution in [0.5, 0.6) is 0 Å². The molecule has 15 rings (SSSR count). The molecule has 79 heavy (non-hydrogen) atoms. The zero-order valence-corrected chi connectivity index (χ0v) is 42.9. The van der Waals surface area contributed by atoms with E-state index in [1.807, 2.05) is 121 Å². The lowest BCUT2D eigenvalue weighted by atomic mass is 10.1. The number of nitrogens with zero attached hydrogens (tertiary/aromatic N) is 10. The topological polar surface area (TPSA) is 113 Å². The van der Waals surface area contributed by atoms with Gasteiger partial charge in [0, 0.05) is 77.4 Å². The highest BCUT2D eigenvalue weighted by Crippen LogP contribution is 2.44. The predicted molar refractivity (Wildman–Crippen MR) is 319 cm³/mol. The van der Waals surface area contributed by atoms with E-state index in [1.54, 1.807) is 11.3 Å². The van der Waals surface area contributed by atoms with Crippen LogP contribution in [0.3, 0.4) is 0 Å². The van der Waals surface area contributed by atoms with Gasteiger partial charge in [-0.3, -0.25) is 0 Å². The normalized spacial score (nSPS) is 11.5. The molecule has 0 spiro atoms. The van der Waals surface area contributed by atoms with Gasteiger partial charge in [0.2, 0.25) is 0 Å². The summed E-state index contributed by atoms with van der Waals surface area (Å²) in [6.07, 6.45) is 0. The van der Waals surface area contributed by atoms with Gasteiger partial charge in [-0.25, -0.2) is 29.9 Å². The number of hydrogen-bond donors (Lipinski definition) is 0. The Morgan fingerprint density at radius 3 is 0.911 bits per heavy atom. The lowest BCUT2D eigenvalue weighted by Gasteiger charge is -2.11. The van der Waals surface area contributed by atoms with Gasteiger partial charge in [-0.2, -0.15) is 0 Å². The average Bonchev–Trinajstić information content (AvgIpc) is 4.46. The van der Waals surface area contributed by atoms with Gasteiger partial charge in [-0.15, -0.1) is 10.2 Å². The number of rotatable bonds is 10. The van der Waals surface area contributed by atoms with Crippen LogP contribution in [0, 0.1) is 0 Å². The van der Waals surface area contributed by atoms with Crippen LogP contribution in [-0.2, 0) is 0 Å². The van der Waals surface area contributed by atoms with Crippen LogP contribution < -0.4 is 0 Å². The Morgan fingerprint density at radius 1 is 0.253 bits per heavy atom. The zero-order chi connectivity index (χ0) is 52.2. The molecule has 0 saturated heterocycles. The number of para-hydroxylation sites is 2. The predicted octanol–water partition coefficient (Wildman–Crippen LogP) is 16.4. The van der Waals surface area contributed by atoms with Crippen molar-refractivity contribution in [1.82, 2.24) is 49.2 Å². The fraction of sp³-hybridized carbons (Fsp3) is 0. The molecule has 0 aliphatic heterocycles. The molecule has 0 aliphatic rings. The third-order valence-electron chi connectivity index (χ3n) is 14.4. The highest BCUT2D eigenvalue weighted by molar-refractivity contribution is 7.18. The summed E-state index contributed by atoms with van der Waals surface area (Å²) in [7, 11) is 0. The number of fused-ring (bicyclic) bond motifs is 6. The van der Waals surface area contributed by atoms with E-state index in [2.05, 4.69) is 143 Å². The molecule has 370 valence electrons. The summed E-state index contributed by atoms with van der Waals surface area (Å²) in [5, 5.41) is 16.1. The Bertz CT molecular complexity index is 4370. The van der Waals surface area contributed by atoms with Crippen molar-refractivity contribution in [3.63, 3.8) is 0 Å². The summed E-state index contributed by atoms with van der Waals surface area (Å²) >= 11 is 1.61. The second kappa shape index (κ2) is 19.2. The molecule has 5 aromatic heterocycles. The van der Waals surface area contributed by atoms with Gasteiger partial charge < -0.3 is 9.13 Å². The minimum absolute atomic E-state index is 0.596. The molecule has 0 atom stereocenters. The Morgan fingerprint density at radius 2 is 0.544 bits per heavy atom. The second-order valence-corrected chi connectivity index (χ2v) is 20.2. The van der Waals surface area contributed by atoms with Crippen LogP contribution in [0.1, 0.15) is 0 Å². The van der Waals surface area contributed by atoms with Gasteiger partial charge in [0.25, 0.3) is 0 Å². The van der Waals surface area contributed by atoms with Gasteiger partial charge in [0.1, 0.15) is 10.0 Å². The minimum atomic E-state index is 0.596. The monoisotopic (exact) mass is 1030 g/mol. The van der Waals surface area contributed by atoms with Crippen molar-refractivity contribution >= 4 is 54.9 Å². The third-order valence-corrected chi connectivity index (χ3v) is 15.4. The smallest absolute Gasteiger partial charge is 0.164 e. The molecule has 0 N–H and O–H groups in total. The van der Waals surface area contributed by atoms with Crippen LogP contribution in [0.25, 0.3) is 144 Å². The number of aromatic nitrogens is 10. The highest BCUT2D eigenvalue weighted by Gasteiger charge is 2.23. The van der Waals surface area contributed by atoms with Gasteiger partial charge >= 0.3 is 0 Å². The molecule has 10 nitrogen and oxygen atoms in total. The third kappa shape index (κ3) is 8.12. The maximum Gasteiger partial charge on any atom is 0.164 e. The van der Waals surface area contributed by atoms with Gasteiger partial charge in [-0.1, -0.05) is 218 Å². The van der Waals surface area contributed by atoms with Crippen LogP contribution in [-0.4, -0.2) is 49.2 Å². The van der Waals surface area contributed by atoms with Crippen molar-refractivity contribution in [2.45, 2.75) is 0 Å². The van der Waals surface area contributed by atoms with Crippen LogP contribution >= 0.6 is 11.3 Å². The molecule has 0 fully saturated rings. The fourth-order valence-electron chi connectivity index (χ4n) is 10.8. The molecule has 0 amide bonds. The number of benzene rings is 10. The first-order valence-electron chi connectivity index (χ1n) is 26.0. The maximum atomic E-state index is 5.06. The van der Waals surface area contributed by atoms with Crippen molar-refractivity contribution in [3.8, 4) is 101 Å². The summed E-state index contributed by atoms with van der Waals surface area (Å²) in [6, 6.07) is 87.3. The van der Waals surface area contributed by atoms with Gasteiger partial charge in [-0.05, 0) is 48.5 Å². The van der Waals surface area contributed by atoms with Gasteiger partial charge in [0.05, 0.1) is 22.1 Å². The number of hydrogen-bond acceptors (Lipinski definition) is 9. The summed E-state index contributed by atoms with van der Waals surface area (Å²) in [6.45, 7) is 0. The maximum absolute atomic E-state index is 5.06. The summed E-state index contributed by atoms with van der Waals surface area (Å²) in [5.74, 6) is 3.67. The van der Waals surface area contributed by atoms with Crippen LogP contribution in [0.4, 0.5) is 0 Å². The molecule has 0 radical (unpaired) electrons. The summed E-state index contributed by atoms with van der Waals surface area (Å²) in [5.41, 5.74) is 13.7. The van der Waals surface area contributed by atoms with E-state index in [1.165, 1.54) is 0 Å². The minimum Gasteiger partial charge on any atom is -0.309 e. The SMILES string of the molecule is c1ccc(-c2nc(-c3ccccc3)nc(-c3cccc(-n4c5ccccc5c5c(-c6nnc(-c7cccc8c7c7ccccc7n8-c7cccc(-c8nc(-c9ccccc9)nc(-c9ccccc9)n8)c7)s6)cccc54)c3)n2)cc1. The van der Waals surface area contributed by atoms with E-state index in [9.17, 15) is 0 Å². The molecular formula is C68H42N10S. The Balaban J connectivity index is 0.827. The van der Waals surface area contributed by atoms with Gasteiger partial charge in [0.15, 0.2) is 34.9 Å². The molecular weight excluding hydrogens is 989 g/mol. The van der Waals surface area contributed by atoms with Crippen molar-refractivity contribution in [3.05, 3.63) is 255 Å². The summed E-state index contributed by atoms with van der Waals surface area (Å²) in [4.78, 5) is 30.1. The standard InChI is InChI=1S/C68H42N10S/c1-5-21-43(22-6-1)61-69-62(44-23-7-2-8-24-44)72-65(71-61)47-29-17-31-49(41-47)77-55-37-15-13-33-51(55)59-53(35-19-39-57(59)77)67-75-76-68(79-67)54-36-20-40-58-60(54)52-34-14-16-38-56(52)78(58)50-32-18-30-48(42-50)66-73-63(45-25-9-3-10-26-45)70-64(74-66)46-27-11-4-12-28-46/h1-42H. The van der Waals surface area contributed by atoms with Crippen LogP contribution in [0.15, 0.2) is 255 Å². The van der Waals surface area contributed by atoms with E-state index in [0.29, 0.717) is 34.9 Å². The first-order valence-corrected chi connectivity index (χ1v) is 26.8. The first kappa shape index (κ1) is 45.7. The van der Waals surface area contributed by atoms with E-state index >= 15 is 0 Å². The molecule has 0 saturated carbocycles. The Labute approximate surface area is 457 Å². The average molecular weight is 1030 g/mol. The fourth-order valence-corrected chi connectivity index (χ4v) is 11.7. The van der Waals surface area contributed by atoms with Crippen molar-refractivity contribution < 1.29 is 0 Å². The largest absolute Gasteiger partial charge is 0.309 e. The Kier molecular flexibility index (Phi) is 11.1. The Hall–Kier alpha value is -10.6. The second-order valence-electron chi connectivity index (χ2n) is 19.2. The first-order chi connectivity index (χ1) is 39.2. The zero-order valence-electron chi connectivity index (χ0n) is 42.1. The highest BCUT2D eigenvalue weighted by atomic mass is 32.1. The summed E-state index contributed by atoms with van der Waals surface area (Å²) < 4.78 is 4.65. The lowest BCUT2D eigenvalue weighted by Crippen LogP contribution is -2.01. The molecule has 0 aliphatic carbocycles. The molecule has 5 heterocycles. The molecule has 0 bridgehead atoms. The quantitative estimate of drug-likeness (QED) is 0.133. The molecule has 10 aromatic carbocycles. The van der Waals surface area contributed by atoms with E-state index < -0.39 is 0 Å².